The van der Waals surface area contributed by atoms with E-state index in [1.165, 1.54) is 0 Å². The lowest BCUT2D eigenvalue weighted by Crippen LogP contribution is -2.09. The molecule has 0 bridgehead atoms. The highest BCUT2D eigenvalue weighted by molar-refractivity contribution is 5.80. The molecule has 15 heavy (non-hydrogen) atoms. The van der Waals surface area contributed by atoms with Crippen LogP contribution in [-0.4, -0.2) is 27.3 Å². The molecule has 4 heteroatoms. The van der Waals surface area contributed by atoms with Gasteiger partial charge >= 0.3 is 0 Å². The molecule has 0 amide bonds. The van der Waals surface area contributed by atoms with Crippen LogP contribution in [0.2, 0.25) is 0 Å². The molecule has 0 saturated carbocycles. The lowest BCUT2D eigenvalue weighted by Gasteiger charge is -2.03. The lowest BCUT2D eigenvalue weighted by molar-refractivity contribution is -0.118. The number of carbonyl (C=O) groups is 1. The Balaban J connectivity index is 2.59. The van der Waals surface area contributed by atoms with Gasteiger partial charge in [0.25, 0.3) is 0 Å². The number of hydrogen-bond acceptors (Lipinski definition) is 3. The van der Waals surface area contributed by atoms with Crippen LogP contribution in [0, 0.1) is 6.92 Å². The average Bonchev–Trinajstić information content (AvgIpc) is 2.55. The topological polar surface area (TPSA) is 55.1 Å². The van der Waals surface area contributed by atoms with Crippen molar-refractivity contribution in [3.63, 3.8) is 0 Å². The Hall–Kier alpha value is -1.16. The molecule has 1 rings (SSSR count). The van der Waals surface area contributed by atoms with Gasteiger partial charge in [-0.1, -0.05) is 0 Å². The molecule has 0 aliphatic heterocycles. The quantitative estimate of drug-likeness (QED) is 0.764. The Labute approximate surface area is 89.9 Å². The minimum absolute atomic E-state index is 0.0812. The van der Waals surface area contributed by atoms with Crippen LogP contribution in [0.4, 0.5) is 0 Å². The van der Waals surface area contributed by atoms with E-state index in [-0.39, 0.29) is 12.4 Å². The van der Waals surface area contributed by atoms with Crippen LogP contribution in [0.3, 0.4) is 0 Å². The third kappa shape index (κ3) is 3.47. The van der Waals surface area contributed by atoms with Crippen molar-refractivity contribution < 1.29 is 9.90 Å². The first-order valence-corrected chi connectivity index (χ1v) is 5.33. The van der Waals surface area contributed by atoms with E-state index in [2.05, 4.69) is 5.10 Å². The highest BCUT2D eigenvalue weighted by Gasteiger charge is 2.09. The number of Topliss-reactive ketones (excluding diaryl/α,β-unsaturated/α-hetero) is 1. The van der Waals surface area contributed by atoms with Crippen molar-refractivity contribution in [2.24, 2.45) is 0 Å². The number of hydrogen-bond donors (Lipinski definition) is 1. The van der Waals surface area contributed by atoms with Crippen molar-refractivity contribution in [2.75, 3.05) is 6.61 Å². The summed E-state index contributed by atoms with van der Waals surface area (Å²) in [6.07, 6.45) is 1.43. The summed E-state index contributed by atoms with van der Waals surface area (Å²) >= 11 is 0. The maximum Gasteiger partial charge on any atom is 0.138 e. The van der Waals surface area contributed by atoms with E-state index in [1.807, 2.05) is 24.6 Å². The first-order valence-electron chi connectivity index (χ1n) is 5.33. The zero-order valence-corrected chi connectivity index (χ0v) is 9.36. The van der Waals surface area contributed by atoms with Gasteiger partial charge in [-0.05, 0) is 26.3 Å². The number of aryl methyl sites for hydroxylation is 2. The second-order valence-corrected chi connectivity index (χ2v) is 3.64. The molecular weight excluding hydrogens is 192 g/mol. The number of ketones is 1. The number of aromatic nitrogens is 2. The maximum absolute atomic E-state index is 11.5. The summed E-state index contributed by atoms with van der Waals surface area (Å²) in [5.74, 6) is 0.165. The Morgan fingerprint density at radius 2 is 2.33 bits per heavy atom. The molecular formula is C11H18N2O2. The number of rotatable bonds is 6. The van der Waals surface area contributed by atoms with Crippen molar-refractivity contribution in [3.05, 3.63) is 17.5 Å². The van der Waals surface area contributed by atoms with Crippen LogP contribution < -0.4 is 0 Å². The highest BCUT2D eigenvalue weighted by Crippen LogP contribution is 2.06. The SMILES string of the molecule is CCn1nc(C)cc1CC(=O)CCCO. The molecule has 1 aromatic rings. The number of carbonyl (C=O) groups excluding carboxylic acids is 1. The van der Waals surface area contributed by atoms with Gasteiger partial charge in [-0.2, -0.15) is 5.10 Å². The van der Waals surface area contributed by atoms with Crippen molar-refractivity contribution in [3.8, 4) is 0 Å². The van der Waals surface area contributed by atoms with Gasteiger partial charge in [0.1, 0.15) is 5.78 Å². The van der Waals surface area contributed by atoms with Crippen molar-refractivity contribution in [2.45, 2.75) is 39.7 Å². The molecule has 0 saturated heterocycles. The van der Waals surface area contributed by atoms with Crippen LogP contribution >= 0.6 is 0 Å². The molecule has 0 spiro atoms. The van der Waals surface area contributed by atoms with Crippen molar-refractivity contribution >= 4 is 5.78 Å². The largest absolute Gasteiger partial charge is 0.396 e. The molecule has 0 aliphatic carbocycles. The van der Waals surface area contributed by atoms with Gasteiger partial charge in [-0.15, -0.1) is 0 Å². The van der Waals surface area contributed by atoms with Gasteiger partial charge in [0.15, 0.2) is 0 Å². The molecule has 1 N–H and O–H groups in total. The second kappa shape index (κ2) is 5.66. The molecule has 1 heterocycles. The first-order chi connectivity index (χ1) is 7.17. The Bertz CT molecular complexity index is 331. The fourth-order valence-corrected chi connectivity index (χ4v) is 1.58. The predicted molar refractivity (Wildman–Crippen MR) is 57.7 cm³/mol. The highest BCUT2D eigenvalue weighted by atomic mass is 16.3. The van der Waals surface area contributed by atoms with E-state index in [1.54, 1.807) is 0 Å². The van der Waals surface area contributed by atoms with Crippen LogP contribution in [0.5, 0.6) is 0 Å². The van der Waals surface area contributed by atoms with E-state index in [9.17, 15) is 4.79 Å². The second-order valence-electron chi connectivity index (χ2n) is 3.64. The van der Waals surface area contributed by atoms with Crippen molar-refractivity contribution in [1.29, 1.82) is 0 Å². The molecule has 84 valence electrons. The minimum atomic E-state index is 0.0812. The van der Waals surface area contributed by atoms with E-state index < -0.39 is 0 Å². The summed E-state index contributed by atoms with van der Waals surface area (Å²) in [4.78, 5) is 11.5. The van der Waals surface area contributed by atoms with E-state index >= 15 is 0 Å². The molecule has 0 aliphatic rings. The molecule has 0 radical (unpaired) electrons. The molecule has 0 atom stereocenters. The van der Waals surface area contributed by atoms with Crippen molar-refractivity contribution in [1.82, 2.24) is 9.78 Å². The first kappa shape index (κ1) is 11.9. The van der Waals surface area contributed by atoms with Crippen LogP contribution in [0.15, 0.2) is 6.07 Å². The summed E-state index contributed by atoms with van der Waals surface area (Å²) < 4.78 is 1.85. The summed E-state index contributed by atoms with van der Waals surface area (Å²) in [6.45, 7) is 4.80. The molecule has 1 aromatic heterocycles. The minimum Gasteiger partial charge on any atom is -0.396 e. The predicted octanol–water partition coefficient (Wildman–Crippen LogP) is 1.10. The van der Waals surface area contributed by atoms with Gasteiger partial charge in [0.05, 0.1) is 5.69 Å². The Kier molecular flexibility index (Phi) is 4.49. The van der Waals surface area contributed by atoms with Crippen LogP contribution in [0.1, 0.15) is 31.2 Å². The third-order valence-electron chi connectivity index (χ3n) is 2.28. The van der Waals surface area contributed by atoms with E-state index in [4.69, 9.17) is 5.11 Å². The molecule has 0 fully saturated rings. The zero-order chi connectivity index (χ0) is 11.3. The number of aliphatic hydroxyl groups is 1. The zero-order valence-electron chi connectivity index (χ0n) is 9.36. The Morgan fingerprint density at radius 3 is 2.93 bits per heavy atom. The number of aliphatic hydroxyl groups excluding tert-OH is 1. The average molecular weight is 210 g/mol. The Morgan fingerprint density at radius 1 is 1.60 bits per heavy atom. The monoisotopic (exact) mass is 210 g/mol. The normalized spacial score (nSPS) is 10.6. The molecule has 0 unspecified atom stereocenters. The van der Waals surface area contributed by atoms with Gasteiger partial charge in [0, 0.05) is 31.7 Å². The number of nitrogens with zero attached hydrogens (tertiary/aromatic N) is 2. The summed E-state index contributed by atoms with van der Waals surface area (Å²) in [5, 5.41) is 12.9. The van der Waals surface area contributed by atoms with E-state index in [0.717, 1.165) is 17.9 Å². The van der Waals surface area contributed by atoms with Gasteiger partial charge in [0.2, 0.25) is 0 Å². The van der Waals surface area contributed by atoms with Gasteiger partial charge in [-0.3, -0.25) is 9.48 Å². The van der Waals surface area contributed by atoms with Crippen LogP contribution in [0.25, 0.3) is 0 Å². The maximum atomic E-state index is 11.5. The fraction of sp³-hybridized carbons (Fsp3) is 0.636. The van der Waals surface area contributed by atoms with E-state index in [0.29, 0.717) is 19.3 Å². The smallest absolute Gasteiger partial charge is 0.138 e. The summed E-state index contributed by atoms with van der Waals surface area (Å²) in [5.41, 5.74) is 1.92. The van der Waals surface area contributed by atoms with Gasteiger partial charge in [-0.25, -0.2) is 0 Å². The molecule has 4 nitrogen and oxygen atoms in total. The third-order valence-corrected chi connectivity index (χ3v) is 2.28. The lowest BCUT2D eigenvalue weighted by atomic mass is 10.1. The van der Waals surface area contributed by atoms with Gasteiger partial charge < -0.3 is 5.11 Å². The molecule has 0 aromatic carbocycles. The summed E-state index contributed by atoms with van der Waals surface area (Å²) in [7, 11) is 0. The fourth-order valence-electron chi connectivity index (χ4n) is 1.58. The van der Waals surface area contributed by atoms with Crippen LogP contribution in [-0.2, 0) is 17.8 Å². The standard InChI is InChI=1S/C11H18N2O2/c1-3-13-10(7-9(2)12-13)8-11(15)5-4-6-14/h7,14H,3-6,8H2,1-2H3. The summed E-state index contributed by atoms with van der Waals surface area (Å²) in [6, 6.07) is 1.94.